The third-order valence-corrected chi connectivity index (χ3v) is 3.78. The highest BCUT2D eigenvalue weighted by Crippen LogP contribution is 2.23. The summed E-state index contributed by atoms with van der Waals surface area (Å²) in [4.78, 5) is 0. The molecule has 2 unspecified atom stereocenters. The van der Waals surface area contributed by atoms with Crippen molar-refractivity contribution >= 4 is 11.6 Å². The molecule has 0 aromatic heterocycles. The van der Waals surface area contributed by atoms with E-state index in [1.54, 1.807) is 6.07 Å². The smallest absolute Gasteiger partial charge is 0.0928 e. The van der Waals surface area contributed by atoms with Crippen LogP contribution in [0.15, 0.2) is 54.6 Å². The molecule has 0 saturated carbocycles. The molecule has 0 spiro atoms. The van der Waals surface area contributed by atoms with Gasteiger partial charge in [0.25, 0.3) is 0 Å². The summed E-state index contributed by atoms with van der Waals surface area (Å²) < 4.78 is 0. The third-order valence-electron chi connectivity index (χ3n) is 3.43. The standard InChI is InChI=1S/C17H20ClNO/c1-2-16(13-8-4-3-5-9-13)19-12-17(20)14-10-6-7-11-15(14)18/h3-11,16-17,19-20H,2,12H2,1H3. The van der Waals surface area contributed by atoms with Gasteiger partial charge in [-0.3, -0.25) is 0 Å². The number of benzene rings is 2. The maximum absolute atomic E-state index is 10.2. The second-order valence-electron chi connectivity index (χ2n) is 4.82. The van der Waals surface area contributed by atoms with Crippen molar-refractivity contribution in [1.82, 2.24) is 5.32 Å². The maximum atomic E-state index is 10.2. The summed E-state index contributed by atoms with van der Waals surface area (Å²) in [5.41, 5.74) is 2.01. The minimum absolute atomic E-state index is 0.244. The number of aliphatic hydroxyl groups is 1. The van der Waals surface area contributed by atoms with Crippen LogP contribution in [0.2, 0.25) is 5.02 Å². The average molecular weight is 290 g/mol. The lowest BCUT2D eigenvalue weighted by Gasteiger charge is -2.20. The monoisotopic (exact) mass is 289 g/mol. The number of nitrogens with one attached hydrogen (secondary N) is 1. The lowest BCUT2D eigenvalue weighted by molar-refractivity contribution is 0.169. The first-order chi connectivity index (χ1) is 9.72. The van der Waals surface area contributed by atoms with Crippen LogP contribution in [0.5, 0.6) is 0 Å². The fraction of sp³-hybridized carbons (Fsp3) is 0.294. The van der Waals surface area contributed by atoms with Crippen LogP contribution in [0.1, 0.15) is 36.6 Å². The first-order valence-corrected chi connectivity index (χ1v) is 7.31. The molecule has 2 N–H and O–H groups in total. The third kappa shape index (κ3) is 3.83. The lowest BCUT2D eigenvalue weighted by Crippen LogP contribution is -2.26. The van der Waals surface area contributed by atoms with Gasteiger partial charge in [0.2, 0.25) is 0 Å². The van der Waals surface area contributed by atoms with E-state index in [0.717, 1.165) is 12.0 Å². The molecule has 2 rings (SSSR count). The molecule has 20 heavy (non-hydrogen) atoms. The molecule has 3 heteroatoms. The van der Waals surface area contributed by atoms with Crippen LogP contribution in [-0.2, 0) is 0 Å². The first-order valence-electron chi connectivity index (χ1n) is 6.93. The average Bonchev–Trinajstić information content (AvgIpc) is 2.49. The Morgan fingerprint density at radius 2 is 1.70 bits per heavy atom. The van der Waals surface area contributed by atoms with E-state index in [4.69, 9.17) is 11.6 Å². The van der Waals surface area contributed by atoms with Crippen molar-refractivity contribution in [3.05, 3.63) is 70.7 Å². The van der Waals surface area contributed by atoms with Crippen LogP contribution in [-0.4, -0.2) is 11.7 Å². The molecular weight excluding hydrogens is 270 g/mol. The van der Waals surface area contributed by atoms with Gasteiger partial charge in [0.1, 0.15) is 0 Å². The van der Waals surface area contributed by atoms with Gasteiger partial charge in [0.15, 0.2) is 0 Å². The summed E-state index contributed by atoms with van der Waals surface area (Å²) in [5.74, 6) is 0. The van der Waals surface area contributed by atoms with E-state index in [1.807, 2.05) is 36.4 Å². The van der Waals surface area contributed by atoms with Gasteiger partial charge in [0.05, 0.1) is 6.10 Å². The van der Waals surface area contributed by atoms with Gasteiger partial charge >= 0.3 is 0 Å². The normalized spacial score (nSPS) is 13.9. The molecule has 2 aromatic rings. The van der Waals surface area contributed by atoms with Gasteiger partial charge < -0.3 is 10.4 Å². The minimum Gasteiger partial charge on any atom is -0.387 e. The van der Waals surface area contributed by atoms with Gasteiger partial charge in [-0.25, -0.2) is 0 Å². The number of aliphatic hydroxyl groups excluding tert-OH is 1. The Kier molecular flexibility index (Phi) is 5.60. The van der Waals surface area contributed by atoms with Crippen LogP contribution < -0.4 is 5.32 Å². The van der Waals surface area contributed by atoms with E-state index in [0.29, 0.717) is 11.6 Å². The number of rotatable bonds is 6. The molecule has 106 valence electrons. The highest BCUT2D eigenvalue weighted by molar-refractivity contribution is 6.31. The summed E-state index contributed by atoms with van der Waals surface area (Å²) in [6.07, 6.45) is 0.376. The second kappa shape index (κ2) is 7.44. The van der Waals surface area contributed by atoms with Crippen molar-refractivity contribution in [3.63, 3.8) is 0 Å². The van der Waals surface area contributed by atoms with Crippen molar-refractivity contribution in [1.29, 1.82) is 0 Å². The largest absolute Gasteiger partial charge is 0.387 e. The zero-order chi connectivity index (χ0) is 14.4. The Morgan fingerprint density at radius 1 is 1.05 bits per heavy atom. The summed E-state index contributed by atoms with van der Waals surface area (Å²) in [5, 5.41) is 14.3. The fourth-order valence-corrected chi connectivity index (χ4v) is 2.55. The molecule has 2 atom stereocenters. The molecule has 0 aliphatic rings. The first kappa shape index (κ1) is 15.0. The number of halogens is 1. The molecular formula is C17H20ClNO. The summed E-state index contributed by atoms with van der Waals surface area (Å²) in [6.45, 7) is 2.61. The van der Waals surface area contributed by atoms with Crippen molar-refractivity contribution in [2.45, 2.75) is 25.5 Å². The fourth-order valence-electron chi connectivity index (χ4n) is 2.29. The van der Waals surface area contributed by atoms with Crippen molar-refractivity contribution in [3.8, 4) is 0 Å². The number of hydrogen-bond acceptors (Lipinski definition) is 2. The highest BCUT2D eigenvalue weighted by Gasteiger charge is 2.14. The van der Waals surface area contributed by atoms with Crippen LogP contribution in [0, 0.1) is 0 Å². The zero-order valence-electron chi connectivity index (χ0n) is 11.6. The van der Waals surface area contributed by atoms with E-state index in [-0.39, 0.29) is 6.04 Å². The Hall–Kier alpha value is -1.35. The van der Waals surface area contributed by atoms with Crippen molar-refractivity contribution < 1.29 is 5.11 Å². The Morgan fingerprint density at radius 3 is 2.35 bits per heavy atom. The highest BCUT2D eigenvalue weighted by atomic mass is 35.5. The SMILES string of the molecule is CCC(NCC(O)c1ccccc1Cl)c1ccccc1. The topological polar surface area (TPSA) is 32.3 Å². The van der Waals surface area contributed by atoms with Gasteiger partial charge in [-0.1, -0.05) is 67.1 Å². The van der Waals surface area contributed by atoms with Crippen LogP contribution in [0.25, 0.3) is 0 Å². The molecule has 2 aromatic carbocycles. The summed E-state index contributed by atoms with van der Waals surface area (Å²) >= 11 is 6.10. The molecule has 0 radical (unpaired) electrons. The van der Waals surface area contributed by atoms with E-state index >= 15 is 0 Å². The molecule has 0 aliphatic carbocycles. The second-order valence-corrected chi connectivity index (χ2v) is 5.22. The Bertz CT molecular complexity index is 530. The molecule has 2 nitrogen and oxygen atoms in total. The summed E-state index contributed by atoms with van der Waals surface area (Å²) in [7, 11) is 0. The van der Waals surface area contributed by atoms with Gasteiger partial charge in [0, 0.05) is 23.2 Å². The minimum atomic E-state index is -0.596. The molecule has 0 fully saturated rings. The molecule has 0 saturated heterocycles. The maximum Gasteiger partial charge on any atom is 0.0928 e. The van der Waals surface area contributed by atoms with E-state index in [9.17, 15) is 5.11 Å². The Labute approximate surface area is 125 Å². The molecule has 0 bridgehead atoms. The van der Waals surface area contributed by atoms with Crippen molar-refractivity contribution in [2.75, 3.05) is 6.54 Å². The quantitative estimate of drug-likeness (QED) is 0.838. The van der Waals surface area contributed by atoms with E-state index in [1.165, 1.54) is 5.56 Å². The predicted octanol–water partition coefficient (Wildman–Crippen LogP) is 4.11. The Balaban J connectivity index is 1.99. The zero-order valence-corrected chi connectivity index (χ0v) is 12.3. The summed E-state index contributed by atoms with van der Waals surface area (Å²) in [6, 6.07) is 17.9. The van der Waals surface area contributed by atoms with E-state index in [2.05, 4.69) is 24.4 Å². The molecule has 0 aliphatic heterocycles. The lowest BCUT2D eigenvalue weighted by atomic mass is 10.0. The van der Waals surface area contributed by atoms with Crippen LogP contribution >= 0.6 is 11.6 Å². The predicted molar refractivity (Wildman–Crippen MR) is 83.9 cm³/mol. The van der Waals surface area contributed by atoms with Gasteiger partial charge in [-0.15, -0.1) is 0 Å². The van der Waals surface area contributed by atoms with E-state index < -0.39 is 6.10 Å². The number of hydrogen-bond donors (Lipinski definition) is 2. The molecule has 0 amide bonds. The van der Waals surface area contributed by atoms with Crippen LogP contribution in [0.3, 0.4) is 0 Å². The van der Waals surface area contributed by atoms with Gasteiger partial charge in [-0.2, -0.15) is 0 Å². The van der Waals surface area contributed by atoms with Gasteiger partial charge in [-0.05, 0) is 18.1 Å². The van der Waals surface area contributed by atoms with Crippen molar-refractivity contribution in [2.24, 2.45) is 0 Å². The van der Waals surface area contributed by atoms with Crippen LogP contribution in [0.4, 0.5) is 0 Å². The molecule has 0 heterocycles.